The second-order valence-electron chi connectivity index (χ2n) is 4.06. The number of ether oxygens (including phenoxy) is 2. The Bertz CT molecular complexity index is 274. The molecule has 0 bridgehead atoms. The zero-order valence-corrected chi connectivity index (χ0v) is 9.62. The predicted molar refractivity (Wildman–Crippen MR) is 56.6 cm³/mol. The summed E-state index contributed by atoms with van der Waals surface area (Å²) >= 11 is 0. The first-order chi connectivity index (χ1) is 7.51. The van der Waals surface area contributed by atoms with Crippen LogP contribution in [0.1, 0.15) is 19.3 Å². The lowest BCUT2D eigenvalue weighted by molar-refractivity contribution is -0.152. The van der Waals surface area contributed by atoms with E-state index in [-0.39, 0.29) is 11.9 Å². The number of carbonyl (C=O) groups is 2. The van der Waals surface area contributed by atoms with Gasteiger partial charge in [0, 0.05) is 19.6 Å². The summed E-state index contributed by atoms with van der Waals surface area (Å²) in [5.41, 5.74) is 4.85. The highest BCUT2D eigenvalue weighted by Gasteiger charge is 2.48. The van der Waals surface area contributed by atoms with Gasteiger partial charge in [-0.15, -0.1) is 0 Å². The van der Waals surface area contributed by atoms with Crippen molar-refractivity contribution in [2.45, 2.75) is 30.8 Å². The minimum atomic E-state index is -0.923. The highest BCUT2D eigenvalue weighted by molar-refractivity contribution is 5.83. The Balaban J connectivity index is 2.25. The monoisotopic (exact) mass is 230 g/mol. The fraction of sp³-hybridized carbons (Fsp3) is 0.800. The Hall–Kier alpha value is -1.14. The van der Waals surface area contributed by atoms with E-state index >= 15 is 0 Å². The number of amides is 1. The number of hydrogen-bond acceptors (Lipinski definition) is 5. The molecule has 1 rings (SSSR count). The van der Waals surface area contributed by atoms with E-state index < -0.39 is 11.5 Å². The van der Waals surface area contributed by atoms with Crippen molar-refractivity contribution >= 4 is 11.9 Å². The fourth-order valence-electron chi connectivity index (χ4n) is 1.79. The summed E-state index contributed by atoms with van der Waals surface area (Å²) in [5, 5.41) is 2.78. The molecule has 1 aliphatic carbocycles. The van der Waals surface area contributed by atoms with Gasteiger partial charge in [0.15, 0.2) is 0 Å². The first-order valence-corrected chi connectivity index (χ1v) is 5.17. The van der Waals surface area contributed by atoms with Crippen LogP contribution >= 0.6 is 0 Å². The maximum absolute atomic E-state index is 11.3. The van der Waals surface area contributed by atoms with E-state index in [0.29, 0.717) is 25.9 Å². The van der Waals surface area contributed by atoms with Gasteiger partial charge < -0.3 is 20.5 Å². The molecule has 0 unspecified atom stereocenters. The number of nitrogens with one attached hydrogen (secondary N) is 1. The molecular weight excluding hydrogens is 212 g/mol. The van der Waals surface area contributed by atoms with Gasteiger partial charge in [0.1, 0.15) is 5.54 Å². The summed E-state index contributed by atoms with van der Waals surface area (Å²) in [4.78, 5) is 22.5. The van der Waals surface area contributed by atoms with Crippen LogP contribution in [0.15, 0.2) is 0 Å². The molecule has 0 aromatic carbocycles. The number of rotatable bonds is 5. The predicted octanol–water partition coefficient (Wildman–Crippen LogP) is -0.828. The lowest BCUT2D eigenvalue weighted by Crippen LogP contribution is -2.64. The van der Waals surface area contributed by atoms with E-state index in [1.807, 2.05) is 0 Å². The number of carbonyl (C=O) groups excluding carboxylic acids is 2. The van der Waals surface area contributed by atoms with Crippen molar-refractivity contribution in [2.75, 3.05) is 20.8 Å². The molecule has 1 fully saturated rings. The molecule has 92 valence electrons. The molecule has 6 heteroatoms. The standard InChI is InChI=1S/C10H18N2O4/c1-15-4-3-8(13)12-7-5-10(11,6-7)9(14)16-2/h7H,3-6,11H2,1-2H3,(H,12,13). The Labute approximate surface area is 94.5 Å². The van der Waals surface area contributed by atoms with Crippen molar-refractivity contribution in [2.24, 2.45) is 5.73 Å². The van der Waals surface area contributed by atoms with E-state index in [1.54, 1.807) is 7.11 Å². The molecule has 16 heavy (non-hydrogen) atoms. The second kappa shape index (κ2) is 5.27. The van der Waals surface area contributed by atoms with E-state index in [4.69, 9.17) is 10.5 Å². The number of esters is 1. The van der Waals surface area contributed by atoms with Crippen LogP contribution in [0.3, 0.4) is 0 Å². The maximum atomic E-state index is 11.3. The molecule has 0 radical (unpaired) electrons. The maximum Gasteiger partial charge on any atom is 0.325 e. The first kappa shape index (κ1) is 12.9. The zero-order valence-electron chi connectivity index (χ0n) is 9.62. The lowest BCUT2D eigenvalue weighted by atomic mass is 9.73. The molecule has 3 N–H and O–H groups in total. The summed E-state index contributed by atoms with van der Waals surface area (Å²) in [5.74, 6) is -0.506. The van der Waals surface area contributed by atoms with Gasteiger partial charge >= 0.3 is 5.97 Å². The summed E-state index contributed by atoms with van der Waals surface area (Å²) in [6.45, 7) is 0.392. The molecule has 0 heterocycles. The van der Waals surface area contributed by atoms with Crippen molar-refractivity contribution in [1.82, 2.24) is 5.32 Å². The minimum Gasteiger partial charge on any atom is -0.468 e. The smallest absolute Gasteiger partial charge is 0.325 e. The molecule has 0 saturated heterocycles. The van der Waals surface area contributed by atoms with Crippen LogP contribution in [0, 0.1) is 0 Å². The van der Waals surface area contributed by atoms with E-state index in [2.05, 4.69) is 10.1 Å². The Morgan fingerprint density at radius 2 is 2.06 bits per heavy atom. The topological polar surface area (TPSA) is 90.6 Å². The van der Waals surface area contributed by atoms with E-state index in [9.17, 15) is 9.59 Å². The third-order valence-corrected chi connectivity index (χ3v) is 2.71. The molecule has 6 nitrogen and oxygen atoms in total. The fourth-order valence-corrected chi connectivity index (χ4v) is 1.79. The number of nitrogens with two attached hydrogens (primary N) is 1. The number of hydrogen-bond donors (Lipinski definition) is 2. The highest BCUT2D eigenvalue weighted by Crippen LogP contribution is 2.30. The van der Waals surface area contributed by atoms with Crippen molar-refractivity contribution in [3.05, 3.63) is 0 Å². The van der Waals surface area contributed by atoms with Crippen LogP contribution in [-0.4, -0.2) is 44.3 Å². The summed E-state index contributed by atoms with van der Waals surface area (Å²) in [6, 6.07) is -0.0338. The van der Waals surface area contributed by atoms with Crippen LogP contribution in [0.2, 0.25) is 0 Å². The van der Waals surface area contributed by atoms with Crippen LogP contribution in [-0.2, 0) is 19.1 Å². The minimum absolute atomic E-state index is 0.0338. The van der Waals surface area contributed by atoms with Gasteiger partial charge in [-0.3, -0.25) is 9.59 Å². The summed E-state index contributed by atoms with van der Waals surface area (Å²) < 4.78 is 9.36. The van der Waals surface area contributed by atoms with Crippen molar-refractivity contribution in [3.8, 4) is 0 Å². The molecule has 0 aromatic heterocycles. The number of methoxy groups -OCH3 is 2. The molecule has 0 aromatic rings. The molecule has 0 atom stereocenters. The Morgan fingerprint density at radius 3 is 2.56 bits per heavy atom. The Morgan fingerprint density at radius 1 is 1.44 bits per heavy atom. The summed E-state index contributed by atoms with van der Waals surface area (Å²) in [6.07, 6.45) is 1.18. The van der Waals surface area contributed by atoms with E-state index in [1.165, 1.54) is 7.11 Å². The van der Waals surface area contributed by atoms with Gasteiger partial charge in [-0.1, -0.05) is 0 Å². The van der Waals surface area contributed by atoms with Gasteiger partial charge in [-0.05, 0) is 12.8 Å². The van der Waals surface area contributed by atoms with E-state index in [0.717, 1.165) is 0 Å². The van der Waals surface area contributed by atoms with Crippen molar-refractivity contribution in [1.29, 1.82) is 0 Å². The largest absolute Gasteiger partial charge is 0.468 e. The van der Waals surface area contributed by atoms with Crippen molar-refractivity contribution < 1.29 is 19.1 Å². The van der Waals surface area contributed by atoms with Gasteiger partial charge in [0.25, 0.3) is 0 Å². The average Bonchev–Trinajstić information content (AvgIpc) is 2.22. The quantitative estimate of drug-likeness (QED) is 0.602. The third kappa shape index (κ3) is 2.93. The second-order valence-corrected chi connectivity index (χ2v) is 4.06. The highest BCUT2D eigenvalue weighted by atomic mass is 16.5. The molecule has 1 aliphatic rings. The van der Waals surface area contributed by atoms with Gasteiger partial charge in [-0.2, -0.15) is 0 Å². The normalized spacial score (nSPS) is 28.1. The van der Waals surface area contributed by atoms with Gasteiger partial charge in [-0.25, -0.2) is 0 Å². The Kier molecular flexibility index (Phi) is 4.26. The molecule has 1 saturated carbocycles. The van der Waals surface area contributed by atoms with Crippen LogP contribution < -0.4 is 11.1 Å². The van der Waals surface area contributed by atoms with Crippen molar-refractivity contribution in [3.63, 3.8) is 0 Å². The lowest BCUT2D eigenvalue weighted by Gasteiger charge is -2.42. The molecule has 0 aliphatic heterocycles. The average molecular weight is 230 g/mol. The molecule has 1 amide bonds. The van der Waals surface area contributed by atoms with Crippen LogP contribution in [0.25, 0.3) is 0 Å². The molecule has 0 spiro atoms. The zero-order chi connectivity index (χ0) is 12.2. The molecular formula is C10H18N2O4. The first-order valence-electron chi connectivity index (χ1n) is 5.17. The van der Waals surface area contributed by atoms with Crippen LogP contribution in [0.5, 0.6) is 0 Å². The van der Waals surface area contributed by atoms with Gasteiger partial charge in [0.05, 0.1) is 13.7 Å². The summed E-state index contributed by atoms with van der Waals surface area (Å²) in [7, 11) is 2.85. The SMILES string of the molecule is COCCC(=O)NC1CC(N)(C(=O)OC)C1. The van der Waals surface area contributed by atoms with Gasteiger partial charge in [0.2, 0.25) is 5.91 Å². The van der Waals surface area contributed by atoms with Crippen LogP contribution in [0.4, 0.5) is 0 Å². The third-order valence-electron chi connectivity index (χ3n) is 2.71.